The van der Waals surface area contributed by atoms with Crippen LogP contribution in [0.1, 0.15) is 46.0 Å². The molecule has 27 heavy (non-hydrogen) atoms. The van der Waals surface area contributed by atoms with Crippen molar-refractivity contribution >= 4 is 17.5 Å². The summed E-state index contributed by atoms with van der Waals surface area (Å²) < 4.78 is 0. The van der Waals surface area contributed by atoms with Crippen molar-refractivity contribution in [1.29, 1.82) is 0 Å². The van der Waals surface area contributed by atoms with Gasteiger partial charge in [-0.2, -0.15) is 0 Å². The van der Waals surface area contributed by atoms with Gasteiger partial charge in [-0.25, -0.2) is 0 Å². The van der Waals surface area contributed by atoms with Crippen LogP contribution in [-0.4, -0.2) is 42.4 Å². The number of nitrogens with one attached hydrogen (secondary N) is 2. The van der Waals surface area contributed by atoms with Gasteiger partial charge >= 0.3 is 0 Å². The quantitative estimate of drug-likeness (QED) is 0.835. The van der Waals surface area contributed by atoms with Crippen molar-refractivity contribution in [2.45, 2.75) is 52.0 Å². The molecular weight excluding hydrogens is 338 g/mol. The number of nitrogens with zero attached hydrogens (tertiary/aromatic N) is 1. The summed E-state index contributed by atoms with van der Waals surface area (Å²) in [7, 11) is 0. The zero-order chi connectivity index (χ0) is 19.2. The Labute approximate surface area is 162 Å². The number of likely N-dealkylation sites (tertiary alicyclic amines) is 1. The molecule has 3 atom stereocenters. The molecule has 1 aliphatic carbocycles. The Kier molecular flexibility index (Phi) is 6.89. The van der Waals surface area contributed by atoms with Crippen molar-refractivity contribution in [2.24, 2.45) is 17.8 Å². The Bertz CT molecular complexity index is 626. The minimum atomic E-state index is 0.0312. The lowest BCUT2D eigenvalue weighted by Crippen LogP contribution is -2.49. The maximum atomic E-state index is 12.5. The van der Waals surface area contributed by atoms with Crippen molar-refractivity contribution in [3.63, 3.8) is 0 Å². The molecule has 0 bridgehead atoms. The number of anilines is 1. The molecule has 1 aromatic carbocycles. The molecule has 2 aliphatic rings. The van der Waals surface area contributed by atoms with Gasteiger partial charge in [0.25, 0.3) is 0 Å². The fourth-order valence-corrected chi connectivity index (χ4v) is 4.36. The van der Waals surface area contributed by atoms with Gasteiger partial charge in [0.1, 0.15) is 0 Å². The first-order valence-electron chi connectivity index (χ1n) is 10.4. The lowest BCUT2D eigenvalue weighted by molar-refractivity contribution is -0.124. The summed E-state index contributed by atoms with van der Waals surface area (Å²) in [6.45, 7) is 6.60. The molecule has 2 fully saturated rings. The molecule has 3 rings (SSSR count). The van der Waals surface area contributed by atoms with Crippen LogP contribution in [0.4, 0.5) is 5.69 Å². The molecule has 1 aliphatic heterocycles. The number of hydrogen-bond acceptors (Lipinski definition) is 3. The second kappa shape index (κ2) is 9.36. The number of carbonyl (C=O) groups excluding carboxylic acids is 2. The predicted molar refractivity (Wildman–Crippen MR) is 108 cm³/mol. The van der Waals surface area contributed by atoms with Gasteiger partial charge in [0.15, 0.2) is 0 Å². The molecule has 5 nitrogen and oxygen atoms in total. The lowest BCUT2D eigenvalue weighted by Gasteiger charge is -2.36. The highest BCUT2D eigenvalue weighted by atomic mass is 16.2. The van der Waals surface area contributed by atoms with Crippen LogP contribution in [0.2, 0.25) is 0 Å². The van der Waals surface area contributed by atoms with E-state index >= 15 is 0 Å². The molecule has 0 unspecified atom stereocenters. The number of carbonyl (C=O) groups is 2. The maximum Gasteiger partial charge on any atom is 0.234 e. The van der Waals surface area contributed by atoms with Crippen molar-refractivity contribution in [3.05, 3.63) is 30.3 Å². The van der Waals surface area contributed by atoms with E-state index in [1.165, 1.54) is 12.8 Å². The number of piperidine rings is 1. The van der Waals surface area contributed by atoms with E-state index in [0.717, 1.165) is 38.0 Å². The number of hydrogen-bond donors (Lipinski definition) is 2. The first-order chi connectivity index (χ1) is 13.0. The van der Waals surface area contributed by atoms with Crippen LogP contribution in [0.3, 0.4) is 0 Å². The molecule has 1 aromatic rings. The fourth-order valence-electron chi connectivity index (χ4n) is 4.36. The first kappa shape index (κ1) is 19.9. The standard InChI is InChI=1S/C22H33N3O2/c1-16-7-6-10-20(17(16)2)24-21(26)15-25-13-11-18(12-14-25)22(27)23-19-8-4-3-5-9-19/h3-5,8-9,16-18,20H,6-7,10-15H2,1-2H3,(H,23,27)(H,24,26)/t16-,17-,20+/m1/s1. The van der Waals surface area contributed by atoms with Gasteiger partial charge in [0.2, 0.25) is 11.8 Å². The van der Waals surface area contributed by atoms with E-state index in [-0.39, 0.29) is 17.7 Å². The number of benzene rings is 1. The van der Waals surface area contributed by atoms with Gasteiger partial charge in [-0.15, -0.1) is 0 Å². The Hall–Kier alpha value is -1.88. The average Bonchev–Trinajstić information content (AvgIpc) is 2.67. The highest BCUT2D eigenvalue weighted by molar-refractivity contribution is 5.92. The van der Waals surface area contributed by atoms with E-state index in [1.54, 1.807) is 0 Å². The Morgan fingerprint density at radius 3 is 2.44 bits per heavy atom. The SMILES string of the molecule is C[C@@H]1[C@H](C)CCC[C@@H]1NC(=O)CN1CCC(C(=O)Nc2ccccc2)CC1. The van der Waals surface area contributed by atoms with Crippen LogP contribution >= 0.6 is 0 Å². The summed E-state index contributed by atoms with van der Waals surface area (Å²) in [4.78, 5) is 27.1. The minimum Gasteiger partial charge on any atom is -0.352 e. The normalized spacial score (nSPS) is 27.1. The zero-order valence-corrected chi connectivity index (χ0v) is 16.6. The number of para-hydroxylation sites is 1. The Morgan fingerprint density at radius 2 is 1.74 bits per heavy atom. The smallest absolute Gasteiger partial charge is 0.234 e. The summed E-state index contributed by atoms with van der Waals surface area (Å²) in [5, 5.41) is 6.25. The molecule has 0 radical (unpaired) electrons. The lowest BCUT2D eigenvalue weighted by atomic mass is 9.78. The third kappa shape index (κ3) is 5.55. The molecule has 2 amide bonds. The summed E-state index contributed by atoms with van der Waals surface area (Å²) in [5.41, 5.74) is 0.847. The van der Waals surface area contributed by atoms with Gasteiger partial charge in [-0.1, -0.05) is 44.9 Å². The van der Waals surface area contributed by atoms with E-state index < -0.39 is 0 Å². The highest BCUT2D eigenvalue weighted by Gasteiger charge is 2.30. The van der Waals surface area contributed by atoms with E-state index in [4.69, 9.17) is 0 Å². The van der Waals surface area contributed by atoms with Crippen molar-refractivity contribution in [3.8, 4) is 0 Å². The molecule has 1 saturated carbocycles. The van der Waals surface area contributed by atoms with Crippen LogP contribution in [0, 0.1) is 17.8 Å². The van der Waals surface area contributed by atoms with Gasteiger partial charge in [-0.05, 0) is 56.3 Å². The van der Waals surface area contributed by atoms with Crippen molar-refractivity contribution in [2.75, 3.05) is 25.0 Å². The first-order valence-corrected chi connectivity index (χ1v) is 10.4. The van der Waals surface area contributed by atoms with Crippen LogP contribution in [0.5, 0.6) is 0 Å². The molecule has 0 spiro atoms. The van der Waals surface area contributed by atoms with Crippen LogP contribution in [0.25, 0.3) is 0 Å². The van der Waals surface area contributed by atoms with E-state index in [0.29, 0.717) is 24.4 Å². The van der Waals surface area contributed by atoms with Crippen LogP contribution in [-0.2, 0) is 9.59 Å². The monoisotopic (exact) mass is 371 g/mol. The van der Waals surface area contributed by atoms with E-state index in [1.807, 2.05) is 30.3 Å². The number of rotatable bonds is 5. The topological polar surface area (TPSA) is 61.4 Å². The third-order valence-corrected chi connectivity index (χ3v) is 6.42. The second-order valence-corrected chi connectivity index (χ2v) is 8.35. The molecule has 5 heteroatoms. The van der Waals surface area contributed by atoms with Gasteiger partial charge in [0.05, 0.1) is 6.54 Å². The summed E-state index contributed by atoms with van der Waals surface area (Å²) in [6, 6.07) is 9.91. The maximum absolute atomic E-state index is 12.5. The second-order valence-electron chi connectivity index (χ2n) is 8.35. The third-order valence-electron chi connectivity index (χ3n) is 6.42. The highest BCUT2D eigenvalue weighted by Crippen LogP contribution is 2.29. The van der Waals surface area contributed by atoms with Crippen LogP contribution < -0.4 is 10.6 Å². The summed E-state index contributed by atoms with van der Waals surface area (Å²) >= 11 is 0. The molecule has 1 saturated heterocycles. The van der Waals surface area contributed by atoms with E-state index in [9.17, 15) is 9.59 Å². The summed E-state index contributed by atoms with van der Waals surface area (Å²) in [5.74, 6) is 1.49. The fraction of sp³-hybridized carbons (Fsp3) is 0.636. The summed E-state index contributed by atoms with van der Waals surface area (Å²) in [6.07, 6.45) is 5.19. The van der Waals surface area contributed by atoms with Crippen LogP contribution in [0.15, 0.2) is 30.3 Å². The average molecular weight is 372 g/mol. The van der Waals surface area contributed by atoms with Gasteiger partial charge < -0.3 is 10.6 Å². The molecule has 1 heterocycles. The minimum absolute atomic E-state index is 0.0312. The number of amides is 2. The van der Waals surface area contributed by atoms with Crippen molar-refractivity contribution in [1.82, 2.24) is 10.2 Å². The van der Waals surface area contributed by atoms with Gasteiger partial charge in [-0.3, -0.25) is 14.5 Å². The Balaban J connectivity index is 1.40. The molecule has 148 valence electrons. The largest absolute Gasteiger partial charge is 0.352 e. The molecular formula is C22H33N3O2. The predicted octanol–water partition coefficient (Wildman–Crippen LogP) is 3.28. The molecule has 0 aromatic heterocycles. The molecule has 2 N–H and O–H groups in total. The van der Waals surface area contributed by atoms with E-state index in [2.05, 4.69) is 29.4 Å². The zero-order valence-electron chi connectivity index (χ0n) is 16.6. The van der Waals surface area contributed by atoms with Gasteiger partial charge in [0, 0.05) is 17.6 Å². The Morgan fingerprint density at radius 1 is 1.04 bits per heavy atom. The van der Waals surface area contributed by atoms with Crippen molar-refractivity contribution < 1.29 is 9.59 Å².